The second-order valence-electron chi connectivity index (χ2n) is 4.52. The highest BCUT2D eigenvalue weighted by Crippen LogP contribution is 2.09. The van der Waals surface area contributed by atoms with Crippen molar-refractivity contribution in [2.24, 2.45) is 5.73 Å². The third-order valence-electron chi connectivity index (χ3n) is 3.11. The lowest BCUT2D eigenvalue weighted by Gasteiger charge is -2.26. The van der Waals surface area contributed by atoms with E-state index < -0.39 is 0 Å². The largest absolute Gasteiger partial charge is 0.341 e. The van der Waals surface area contributed by atoms with Crippen molar-refractivity contribution in [3.63, 3.8) is 0 Å². The lowest BCUT2D eigenvalue weighted by molar-refractivity contribution is -0.132. The number of hydrogen-bond donors (Lipinski definition) is 1. The first-order valence-electron chi connectivity index (χ1n) is 6.28. The van der Waals surface area contributed by atoms with Crippen LogP contribution in [0.5, 0.6) is 0 Å². The molecule has 1 saturated heterocycles. The van der Waals surface area contributed by atoms with Gasteiger partial charge in [0.05, 0.1) is 12.0 Å². The van der Waals surface area contributed by atoms with E-state index in [1.807, 2.05) is 15.7 Å². The van der Waals surface area contributed by atoms with Crippen LogP contribution in [0.2, 0.25) is 0 Å². The summed E-state index contributed by atoms with van der Waals surface area (Å²) in [6, 6.07) is 0. The summed E-state index contributed by atoms with van der Waals surface area (Å²) in [6.07, 6.45) is 7.91. The van der Waals surface area contributed by atoms with Crippen LogP contribution in [-0.2, 0) is 17.8 Å². The predicted molar refractivity (Wildman–Crippen MR) is 65.4 cm³/mol. The SMILES string of the molecule is NCCc1cn(CC(=O)N2CCCCC2)cn1. The first-order valence-corrected chi connectivity index (χ1v) is 6.28. The average molecular weight is 236 g/mol. The van der Waals surface area contributed by atoms with Gasteiger partial charge in [0, 0.05) is 25.7 Å². The number of hydrogen-bond acceptors (Lipinski definition) is 3. The minimum absolute atomic E-state index is 0.196. The van der Waals surface area contributed by atoms with Crippen LogP contribution in [0.4, 0.5) is 0 Å². The fourth-order valence-corrected chi connectivity index (χ4v) is 2.17. The zero-order chi connectivity index (χ0) is 12.1. The first-order chi connectivity index (χ1) is 8.29. The van der Waals surface area contributed by atoms with E-state index in [-0.39, 0.29) is 5.91 Å². The topological polar surface area (TPSA) is 64.2 Å². The Morgan fingerprint density at radius 1 is 1.35 bits per heavy atom. The fraction of sp³-hybridized carbons (Fsp3) is 0.667. The monoisotopic (exact) mass is 236 g/mol. The average Bonchev–Trinajstić information content (AvgIpc) is 2.78. The number of amides is 1. The minimum Gasteiger partial charge on any atom is -0.341 e. The fourth-order valence-electron chi connectivity index (χ4n) is 2.17. The van der Waals surface area contributed by atoms with Crippen molar-refractivity contribution in [2.75, 3.05) is 19.6 Å². The summed E-state index contributed by atoms with van der Waals surface area (Å²) in [5.41, 5.74) is 6.42. The Hall–Kier alpha value is -1.36. The van der Waals surface area contributed by atoms with Gasteiger partial charge in [-0.3, -0.25) is 4.79 Å². The van der Waals surface area contributed by atoms with Crippen molar-refractivity contribution >= 4 is 5.91 Å². The van der Waals surface area contributed by atoms with Gasteiger partial charge in [0.2, 0.25) is 5.91 Å². The Bertz CT molecular complexity index is 368. The van der Waals surface area contributed by atoms with Gasteiger partial charge in [-0.1, -0.05) is 0 Å². The number of imidazole rings is 1. The maximum Gasteiger partial charge on any atom is 0.242 e. The molecule has 0 spiro atoms. The summed E-state index contributed by atoms with van der Waals surface area (Å²) in [4.78, 5) is 18.2. The van der Waals surface area contributed by atoms with Crippen LogP contribution in [0, 0.1) is 0 Å². The molecule has 5 nitrogen and oxygen atoms in total. The van der Waals surface area contributed by atoms with Gasteiger partial charge < -0.3 is 15.2 Å². The lowest BCUT2D eigenvalue weighted by atomic mass is 10.1. The summed E-state index contributed by atoms with van der Waals surface area (Å²) in [7, 11) is 0. The van der Waals surface area contributed by atoms with Crippen molar-refractivity contribution in [1.29, 1.82) is 0 Å². The van der Waals surface area contributed by atoms with E-state index in [9.17, 15) is 4.79 Å². The van der Waals surface area contributed by atoms with Crippen molar-refractivity contribution in [3.8, 4) is 0 Å². The number of rotatable bonds is 4. The number of carbonyl (C=O) groups is 1. The van der Waals surface area contributed by atoms with Crippen molar-refractivity contribution in [3.05, 3.63) is 18.2 Å². The zero-order valence-corrected chi connectivity index (χ0v) is 10.1. The van der Waals surface area contributed by atoms with Crippen LogP contribution >= 0.6 is 0 Å². The number of likely N-dealkylation sites (tertiary alicyclic amines) is 1. The maximum atomic E-state index is 12.0. The van der Waals surface area contributed by atoms with Gasteiger partial charge in [0.25, 0.3) is 0 Å². The van der Waals surface area contributed by atoms with E-state index in [0.29, 0.717) is 13.1 Å². The molecule has 1 fully saturated rings. The third-order valence-corrected chi connectivity index (χ3v) is 3.11. The quantitative estimate of drug-likeness (QED) is 0.823. The normalized spacial score (nSPS) is 16.2. The molecule has 0 saturated carbocycles. The molecule has 94 valence electrons. The van der Waals surface area contributed by atoms with Crippen molar-refractivity contribution < 1.29 is 4.79 Å². The van der Waals surface area contributed by atoms with Gasteiger partial charge in [-0.25, -0.2) is 4.98 Å². The molecule has 1 aromatic heterocycles. The Kier molecular flexibility index (Phi) is 4.14. The standard InChI is InChI=1S/C12H20N4O/c13-5-4-11-8-15(10-14-11)9-12(17)16-6-2-1-3-7-16/h8,10H,1-7,9,13H2. The highest BCUT2D eigenvalue weighted by Gasteiger charge is 2.16. The molecule has 0 radical (unpaired) electrons. The highest BCUT2D eigenvalue weighted by atomic mass is 16.2. The number of nitrogens with two attached hydrogens (primary N) is 1. The number of carbonyl (C=O) groups excluding carboxylic acids is 1. The molecule has 1 aliphatic heterocycles. The Morgan fingerprint density at radius 3 is 2.82 bits per heavy atom. The van der Waals surface area contributed by atoms with E-state index in [1.54, 1.807) is 6.33 Å². The summed E-state index contributed by atoms with van der Waals surface area (Å²) < 4.78 is 1.85. The van der Waals surface area contributed by atoms with Crippen molar-refractivity contribution in [2.45, 2.75) is 32.2 Å². The van der Waals surface area contributed by atoms with Gasteiger partial charge >= 0.3 is 0 Å². The molecule has 2 rings (SSSR count). The van der Waals surface area contributed by atoms with Crippen LogP contribution in [0.1, 0.15) is 25.0 Å². The molecule has 0 unspecified atom stereocenters. The smallest absolute Gasteiger partial charge is 0.242 e. The van der Waals surface area contributed by atoms with Gasteiger partial charge in [-0.2, -0.15) is 0 Å². The molecule has 2 heterocycles. The van der Waals surface area contributed by atoms with Crippen LogP contribution in [0.15, 0.2) is 12.5 Å². The van der Waals surface area contributed by atoms with Crippen molar-refractivity contribution in [1.82, 2.24) is 14.5 Å². The van der Waals surface area contributed by atoms with Crippen LogP contribution < -0.4 is 5.73 Å². The van der Waals surface area contributed by atoms with Gasteiger partial charge in [-0.15, -0.1) is 0 Å². The molecule has 1 aliphatic rings. The van der Waals surface area contributed by atoms with Gasteiger partial charge in [0.15, 0.2) is 0 Å². The number of piperidine rings is 1. The summed E-state index contributed by atoms with van der Waals surface area (Å²) in [5.74, 6) is 0.196. The summed E-state index contributed by atoms with van der Waals surface area (Å²) in [5, 5.41) is 0. The van der Waals surface area contributed by atoms with Crippen LogP contribution in [0.25, 0.3) is 0 Å². The summed E-state index contributed by atoms with van der Waals surface area (Å²) >= 11 is 0. The molecule has 1 aromatic rings. The van der Waals surface area contributed by atoms with E-state index in [4.69, 9.17) is 5.73 Å². The minimum atomic E-state index is 0.196. The molecule has 0 atom stereocenters. The number of nitrogens with zero attached hydrogens (tertiary/aromatic N) is 3. The van der Waals surface area contributed by atoms with Crippen LogP contribution in [-0.4, -0.2) is 40.0 Å². The molecule has 0 bridgehead atoms. The third kappa shape index (κ3) is 3.30. The number of aromatic nitrogens is 2. The molecule has 0 aliphatic carbocycles. The Labute approximate surface area is 102 Å². The molecule has 5 heteroatoms. The molecule has 1 amide bonds. The van der Waals surface area contributed by atoms with Crippen LogP contribution in [0.3, 0.4) is 0 Å². The van der Waals surface area contributed by atoms with Gasteiger partial charge in [-0.05, 0) is 25.8 Å². The molecule has 17 heavy (non-hydrogen) atoms. The Balaban J connectivity index is 1.88. The van der Waals surface area contributed by atoms with E-state index in [1.165, 1.54) is 6.42 Å². The highest BCUT2D eigenvalue weighted by molar-refractivity contribution is 5.76. The molecule has 0 aromatic carbocycles. The second kappa shape index (κ2) is 5.82. The predicted octanol–water partition coefficient (Wildman–Crippen LogP) is 0.397. The lowest BCUT2D eigenvalue weighted by Crippen LogP contribution is -2.37. The molecule has 2 N–H and O–H groups in total. The summed E-state index contributed by atoms with van der Waals surface area (Å²) in [6.45, 7) is 2.81. The zero-order valence-electron chi connectivity index (χ0n) is 10.1. The second-order valence-corrected chi connectivity index (χ2v) is 4.52. The van der Waals surface area contributed by atoms with E-state index in [2.05, 4.69) is 4.98 Å². The van der Waals surface area contributed by atoms with E-state index >= 15 is 0 Å². The first kappa shape index (κ1) is 12.1. The van der Waals surface area contributed by atoms with E-state index in [0.717, 1.165) is 38.0 Å². The van der Waals surface area contributed by atoms with Gasteiger partial charge in [0.1, 0.15) is 6.54 Å². The molecular formula is C12H20N4O. The maximum absolute atomic E-state index is 12.0. The Morgan fingerprint density at radius 2 is 2.12 bits per heavy atom. The molecular weight excluding hydrogens is 216 g/mol.